The van der Waals surface area contributed by atoms with Gasteiger partial charge in [0.25, 0.3) is 0 Å². The fourth-order valence-corrected chi connectivity index (χ4v) is 4.92. The van der Waals surface area contributed by atoms with Crippen molar-refractivity contribution in [2.45, 2.75) is 25.0 Å². The van der Waals surface area contributed by atoms with Gasteiger partial charge in [0, 0.05) is 37.5 Å². The van der Waals surface area contributed by atoms with Gasteiger partial charge in [0.15, 0.2) is 0 Å². The van der Waals surface area contributed by atoms with Crippen LogP contribution in [0.25, 0.3) is 10.9 Å². The van der Waals surface area contributed by atoms with Crippen molar-refractivity contribution in [1.82, 2.24) is 4.98 Å². The monoisotopic (exact) mass is 339 g/mol. The average molecular weight is 339 g/mol. The fourth-order valence-electron chi connectivity index (χ4n) is 4.92. The molecule has 1 aromatic heterocycles. The lowest BCUT2D eigenvalue weighted by Crippen LogP contribution is -3.20. The van der Waals surface area contributed by atoms with Crippen LogP contribution in [0.2, 0.25) is 0 Å². The molecule has 5 rings (SSSR count). The second-order valence-electron chi connectivity index (χ2n) is 7.34. The Bertz CT molecular complexity index is 776. The zero-order chi connectivity index (χ0) is 17.4. The second-order valence-corrected chi connectivity index (χ2v) is 7.34. The normalized spacial score (nSPS) is 29.5. The van der Waals surface area contributed by atoms with Crippen molar-refractivity contribution in [3.05, 3.63) is 48.7 Å². The SMILES string of the molecule is C=CC1C[NH+]2CCC1CC2[C@H](OC)c1ccnc2ccc(OC)cc12. The van der Waals surface area contributed by atoms with E-state index in [0.717, 1.165) is 22.6 Å². The smallest absolute Gasteiger partial charge is 0.134 e. The quantitative estimate of drug-likeness (QED) is 0.850. The van der Waals surface area contributed by atoms with E-state index in [1.165, 1.54) is 31.5 Å². The van der Waals surface area contributed by atoms with Crippen molar-refractivity contribution in [2.75, 3.05) is 27.3 Å². The number of fused-ring (bicyclic) bond motifs is 4. The Labute approximate surface area is 149 Å². The predicted octanol–water partition coefficient (Wildman–Crippen LogP) is 2.41. The maximum Gasteiger partial charge on any atom is 0.134 e. The Morgan fingerprint density at radius 1 is 1.32 bits per heavy atom. The molecule has 3 fully saturated rings. The number of pyridine rings is 1. The number of piperidine rings is 3. The molecule has 3 aliphatic rings. The van der Waals surface area contributed by atoms with E-state index in [2.05, 4.69) is 29.8 Å². The number of benzene rings is 1. The number of ether oxygens (including phenoxy) is 2. The van der Waals surface area contributed by atoms with Crippen LogP contribution in [0.1, 0.15) is 24.5 Å². The molecule has 25 heavy (non-hydrogen) atoms. The Hall–Kier alpha value is -1.91. The first-order valence-corrected chi connectivity index (χ1v) is 9.17. The van der Waals surface area contributed by atoms with Gasteiger partial charge in [-0.3, -0.25) is 4.98 Å². The van der Waals surface area contributed by atoms with Crippen LogP contribution in [0.3, 0.4) is 0 Å². The summed E-state index contributed by atoms with van der Waals surface area (Å²) in [5, 5.41) is 1.14. The summed E-state index contributed by atoms with van der Waals surface area (Å²) in [6.07, 6.45) is 6.66. The van der Waals surface area contributed by atoms with Crippen LogP contribution in [0.4, 0.5) is 0 Å². The number of rotatable bonds is 5. The van der Waals surface area contributed by atoms with Gasteiger partial charge >= 0.3 is 0 Å². The number of hydrogen-bond acceptors (Lipinski definition) is 3. The number of methoxy groups -OCH3 is 2. The van der Waals surface area contributed by atoms with Crippen LogP contribution in [0.5, 0.6) is 5.75 Å². The molecule has 1 N–H and O–H groups in total. The number of nitrogens with one attached hydrogen (secondary N) is 1. The molecular formula is C21H27N2O2+. The van der Waals surface area contributed by atoms with Gasteiger partial charge in [-0.1, -0.05) is 6.08 Å². The van der Waals surface area contributed by atoms with Crippen molar-refractivity contribution >= 4 is 10.9 Å². The lowest BCUT2D eigenvalue weighted by Gasteiger charge is -2.48. The molecule has 4 heteroatoms. The van der Waals surface area contributed by atoms with Crippen molar-refractivity contribution < 1.29 is 14.4 Å². The number of aromatic nitrogens is 1. The van der Waals surface area contributed by atoms with E-state index in [-0.39, 0.29) is 6.10 Å². The summed E-state index contributed by atoms with van der Waals surface area (Å²) >= 11 is 0. The third kappa shape index (κ3) is 2.83. The molecule has 5 atom stereocenters. The lowest BCUT2D eigenvalue weighted by molar-refractivity contribution is -0.949. The molecule has 4 nitrogen and oxygen atoms in total. The number of hydrogen-bond donors (Lipinski definition) is 1. The Morgan fingerprint density at radius 3 is 2.88 bits per heavy atom. The first-order chi connectivity index (χ1) is 12.2. The number of quaternary nitrogens is 1. The molecule has 0 radical (unpaired) electrons. The predicted molar refractivity (Wildman–Crippen MR) is 98.9 cm³/mol. The molecular weight excluding hydrogens is 312 g/mol. The second kappa shape index (κ2) is 6.77. The van der Waals surface area contributed by atoms with E-state index < -0.39 is 0 Å². The van der Waals surface area contributed by atoms with Crippen LogP contribution in [-0.2, 0) is 4.74 Å². The standard InChI is InChI=1S/C21H26N2O2/c1-4-14-13-23-10-8-15(14)11-20(23)21(25-3)17-7-9-22-19-6-5-16(24-2)12-18(17)19/h4-7,9,12,14-15,20-21H,1,8,10-11,13H2,2-3H3/p+1/t14?,15?,20?,21-/m1/s1. The lowest BCUT2D eigenvalue weighted by atomic mass is 9.73. The van der Waals surface area contributed by atoms with E-state index >= 15 is 0 Å². The highest BCUT2D eigenvalue weighted by Crippen LogP contribution is 2.36. The van der Waals surface area contributed by atoms with E-state index in [9.17, 15) is 0 Å². The molecule has 3 saturated heterocycles. The molecule has 2 aromatic rings. The summed E-state index contributed by atoms with van der Waals surface area (Å²) in [7, 11) is 3.54. The summed E-state index contributed by atoms with van der Waals surface area (Å²) in [5.41, 5.74) is 2.22. The summed E-state index contributed by atoms with van der Waals surface area (Å²) in [6.45, 7) is 6.47. The van der Waals surface area contributed by atoms with Gasteiger partial charge in [-0.25, -0.2) is 0 Å². The number of nitrogens with zero attached hydrogens (tertiary/aromatic N) is 1. The molecule has 4 unspecified atom stereocenters. The van der Waals surface area contributed by atoms with Gasteiger partial charge in [-0.05, 0) is 35.7 Å². The minimum absolute atomic E-state index is 0.0844. The van der Waals surface area contributed by atoms with Gasteiger partial charge in [-0.15, -0.1) is 6.58 Å². The summed E-state index contributed by atoms with van der Waals surface area (Å²) < 4.78 is 11.5. The van der Waals surface area contributed by atoms with Gasteiger partial charge in [0.05, 0.1) is 25.7 Å². The van der Waals surface area contributed by atoms with E-state index in [1.54, 1.807) is 12.0 Å². The Morgan fingerprint density at radius 2 is 2.20 bits per heavy atom. The molecule has 0 aliphatic carbocycles. The van der Waals surface area contributed by atoms with E-state index in [4.69, 9.17) is 9.47 Å². The highest BCUT2D eigenvalue weighted by Gasteiger charge is 2.46. The van der Waals surface area contributed by atoms with Gasteiger partial charge < -0.3 is 14.4 Å². The van der Waals surface area contributed by atoms with Crippen LogP contribution in [0, 0.1) is 11.8 Å². The van der Waals surface area contributed by atoms with E-state index in [1.807, 2.05) is 25.4 Å². The summed E-state index contributed by atoms with van der Waals surface area (Å²) in [4.78, 5) is 6.18. The molecule has 2 bridgehead atoms. The minimum atomic E-state index is 0.0844. The minimum Gasteiger partial charge on any atom is -0.497 e. The zero-order valence-corrected chi connectivity index (χ0v) is 15.1. The third-order valence-corrected chi connectivity index (χ3v) is 6.23. The first kappa shape index (κ1) is 16.6. The van der Waals surface area contributed by atoms with Crippen LogP contribution in [-0.4, -0.2) is 38.3 Å². The largest absolute Gasteiger partial charge is 0.497 e. The first-order valence-electron chi connectivity index (χ1n) is 9.17. The zero-order valence-electron chi connectivity index (χ0n) is 15.1. The average Bonchev–Trinajstić information content (AvgIpc) is 2.68. The van der Waals surface area contributed by atoms with Crippen molar-refractivity contribution in [2.24, 2.45) is 11.8 Å². The fraction of sp³-hybridized carbons (Fsp3) is 0.476. The summed E-state index contributed by atoms with van der Waals surface area (Å²) in [5.74, 6) is 2.27. The highest BCUT2D eigenvalue weighted by atomic mass is 16.5. The molecule has 4 heterocycles. The van der Waals surface area contributed by atoms with E-state index in [0.29, 0.717) is 12.0 Å². The Balaban J connectivity index is 1.72. The maximum atomic E-state index is 6.06. The van der Waals surface area contributed by atoms with Gasteiger partial charge in [-0.2, -0.15) is 0 Å². The Kier molecular flexibility index (Phi) is 4.48. The maximum absolute atomic E-state index is 6.06. The molecule has 1 aromatic carbocycles. The van der Waals surface area contributed by atoms with Crippen LogP contribution < -0.4 is 9.64 Å². The summed E-state index contributed by atoms with van der Waals surface area (Å²) in [6, 6.07) is 8.69. The van der Waals surface area contributed by atoms with Gasteiger partial charge in [0.2, 0.25) is 0 Å². The molecule has 0 spiro atoms. The van der Waals surface area contributed by atoms with Crippen molar-refractivity contribution in [1.29, 1.82) is 0 Å². The third-order valence-electron chi connectivity index (χ3n) is 6.23. The van der Waals surface area contributed by atoms with Gasteiger partial charge in [0.1, 0.15) is 17.9 Å². The van der Waals surface area contributed by atoms with Crippen LogP contribution in [0.15, 0.2) is 43.1 Å². The van der Waals surface area contributed by atoms with Crippen molar-refractivity contribution in [3.63, 3.8) is 0 Å². The molecule has 0 saturated carbocycles. The molecule has 132 valence electrons. The molecule has 3 aliphatic heterocycles. The highest BCUT2D eigenvalue weighted by molar-refractivity contribution is 5.83. The van der Waals surface area contributed by atoms with Crippen LogP contribution >= 0.6 is 0 Å². The molecule has 0 amide bonds. The van der Waals surface area contributed by atoms with Crippen molar-refractivity contribution in [3.8, 4) is 5.75 Å². The topological polar surface area (TPSA) is 35.8 Å².